The number of hydrogen-bond donors (Lipinski definition) is 1. The summed E-state index contributed by atoms with van der Waals surface area (Å²) >= 11 is 0. The highest BCUT2D eigenvalue weighted by Gasteiger charge is 2.36. The molecule has 5 nitrogen and oxygen atoms in total. The summed E-state index contributed by atoms with van der Waals surface area (Å²) in [5.74, 6) is -0.771. The van der Waals surface area contributed by atoms with Gasteiger partial charge in [0.2, 0.25) is 0 Å². The second-order valence-corrected chi connectivity index (χ2v) is 6.03. The van der Waals surface area contributed by atoms with Gasteiger partial charge in [0, 0.05) is 0 Å². The fourth-order valence-corrected chi connectivity index (χ4v) is 2.21. The van der Waals surface area contributed by atoms with Crippen LogP contribution in [0.3, 0.4) is 0 Å². The second-order valence-electron chi connectivity index (χ2n) is 6.03. The van der Waals surface area contributed by atoms with Gasteiger partial charge in [-0.3, -0.25) is 4.79 Å². The first-order valence-corrected chi connectivity index (χ1v) is 7.03. The highest BCUT2D eigenvalue weighted by atomic mass is 19.1. The Labute approximate surface area is 119 Å². The summed E-state index contributed by atoms with van der Waals surface area (Å²) in [7, 11) is 0. The minimum Gasteiger partial charge on any atom is -0.466 e. The molecule has 20 heavy (non-hydrogen) atoms. The van der Waals surface area contributed by atoms with Gasteiger partial charge in [-0.2, -0.15) is 0 Å². The number of rotatable bonds is 3. The topological polar surface area (TPSA) is 64.6 Å². The van der Waals surface area contributed by atoms with Crippen molar-refractivity contribution in [3.63, 3.8) is 0 Å². The Morgan fingerprint density at radius 2 is 1.95 bits per heavy atom. The number of nitrogens with one attached hydrogen (secondary N) is 1. The molecule has 0 radical (unpaired) electrons. The Bertz CT molecular complexity index is 354. The van der Waals surface area contributed by atoms with Crippen LogP contribution in [-0.4, -0.2) is 36.5 Å². The average Bonchev–Trinajstić information content (AvgIpc) is 2.29. The van der Waals surface area contributed by atoms with E-state index in [-0.39, 0.29) is 12.4 Å². The highest BCUT2D eigenvalue weighted by molar-refractivity contribution is 5.73. The molecule has 0 aromatic heterocycles. The summed E-state index contributed by atoms with van der Waals surface area (Å²) in [6, 6.07) is -0.601. The van der Waals surface area contributed by atoms with Gasteiger partial charge < -0.3 is 14.8 Å². The van der Waals surface area contributed by atoms with E-state index in [1.165, 1.54) is 0 Å². The molecule has 3 atom stereocenters. The predicted molar refractivity (Wildman–Crippen MR) is 72.0 cm³/mol. The van der Waals surface area contributed by atoms with E-state index in [2.05, 4.69) is 5.32 Å². The lowest BCUT2D eigenvalue weighted by atomic mass is 9.85. The Balaban J connectivity index is 2.45. The van der Waals surface area contributed by atoms with E-state index >= 15 is 0 Å². The molecule has 116 valence electrons. The van der Waals surface area contributed by atoms with Gasteiger partial charge in [-0.05, 0) is 47.0 Å². The van der Waals surface area contributed by atoms with E-state index in [0.29, 0.717) is 19.4 Å². The fraction of sp³-hybridized carbons (Fsp3) is 0.857. The van der Waals surface area contributed by atoms with Crippen molar-refractivity contribution < 1.29 is 23.5 Å². The van der Waals surface area contributed by atoms with Crippen LogP contribution in [0.25, 0.3) is 0 Å². The highest BCUT2D eigenvalue weighted by Crippen LogP contribution is 2.28. The van der Waals surface area contributed by atoms with Crippen LogP contribution >= 0.6 is 0 Å². The minimum atomic E-state index is -1.26. The van der Waals surface area contributed by atoms with Crippen LogP contribution < -0.4 is 5.32 Å². The molecule has 1 rings (SSSR count). The van der Waals surface area contributed by atoms with Gasteiger partial charge in [0.25, 0.3) is 0 Å². The molecular weight excluding hydrogens is 265 g/mol. The van der Waals surface area contributed by atoms with Crippen LogP contribution in [0.1, 0.15) is 47.0 Å². The number of esters is 1. The van der Waals surface area contributed by atoms with E-state index in [0.717, 1.165) is 0 Å². The molecule has 0 aromatic rings. The Hall–Kier alpha value is -1.33. The smallest absolute Gasteiger partial charge is 0.407 e. The van der Waals surface area contributed by atoms with Gasteiger partial charge >= 0.3 is 12.1 Å². The van der Waals surface area contributed by atoms with Crippen LogP contribution in [0.2, 0.25) is 0 Å². The molecule has 0 spiro atoms. The maximum Gasteiger partial charge on any atom is 0.407 e. The van der Waals surface area contributed by atoms with Crippen molar-refractivity contribution in [2.75, 3.05) is 6.61 Å². The van der Waals surface area contributed by atoms with Crippen LogP contribution in [0.15, 0.2) is 0 Å². The van der Waals surface area contributed by atoms with E-state index in [1.54, 1.807) is 27.7 Å². The van der Waals surface area contributed by atoms with Gasteiger partial charge in [-0.15, -0.1) is 0 Å². The molecular formula is C14H24FNO4. The SMILES string of the molecule is CCOC(=O)[C@@H]1CC[C@@H](NC(=O)OC(C)(C)C)[C@@H](F)C1. The predicted octanol–water partition coefficient (Wildman–Crippen LogP) is 2.58. The summed E-state index contributed by atoms with van der Waals surface area (Å²) in [6.45, 7) is 7.26. The second kappa shape index (κ2) is 6.90. The zero-order valence-electron chi connectivity index (χ0n) is 12.6. The summed E-state index contributed by atoms with van der Waals surface area (Å²) in [5, 5.41) is 2.53. The molecule has 1 fully saturated rings. The van der Waals surface area contributed by atoms with Crippen molar-refractivity contribution in [3.05, 3.63) is 0 Å². The lowest BCUT2D eigenvalue weighted by Crippen LogP contribution is -2.47. The largest absolute Gasteiger partial charge is 0.466 e. The molecule has 1 amide bonds. The monoisotopic (exact) mass is 289 g/mol. The third-order valence-electron chi connectivity index (χ3n) is 3.09. The van der Waals surface area contributed by atoms with E-state index in [9.17, 15) is 14.0 Å². The quantitative estimate of drug-likeness (QED) is 0.811. The molecule has 1 aliphatic rings. The van der Waals surface area contributed by atoms with E-state index in [4.69, 9.17) is 9.47 Å². The number of amides is 1. The van der Waals surface area contributed by atoms with Crippen molar-refractivity contribution in [3.8, 4) is 0 Å². The third kappa shape index (κ3) is 5.35. The summed E-state index contributed by atoms with van der Waals surface area (Å²) in [5.41, 5.74) is -0.613. The Morgan fingerprint density at radius 1 is 1.30 bits per heavy atom. The van der Waals surface area contributed by atoms with Gasteiger partial charge in [0.15, 0.2) is 0 Å². The van der Waals surface area contributed by atoms with Crippen molar-refractivity contribution in [2.45, 2.75) is 64.8 Å². The van der Waals surface area contributed by atoms with Gasteiger partial charge in [-0.1, -0.05) is 0 Å². The van der Waals surface area contributed by atoms with E-state index in [1.807, 2.05) is 0 Å². The first kappa shape index (κ1) is 16.7. The lowest BCUT2D eigenvalue weighted by molar-refractivity contribution is -0.150. The number of carbonyl (C=O) groups excluding carboxylic acids is 2. The van der Waals surface area contributed by atoms with E-state index < -0.39 is 29.8 Å². The lowest BCUT2D eigenvalue weighted by Gasteiger charge is -2.31. The van der Waals surface area contributed by atoms with Crippen LogP contribution in [-0.2, 0) is 14.3 Å². The van der Waals surface area contributed by atoms with Gasteiger partial charge in [0.05, 0.1) is 18.6 Å². The van der Waals surface area contributed by atoms with Crippen LogP contribution in [0, 0.1) is 5.92 Å². The molecule has 0 bridgehead atoms. The summed E-state index contributed by atoms with van der Waals surface area (Å²) < 4.78 is 24.0. The molecule has 0 aromatic carbocycles. The van der Waals surface area contributed by atoms with Crippen molar-refractivity contribution >= 4 is 12.1 Å². The number of hydrogen-bond acceptors (Lipinski definition) is 4. The normalized spacial score (nSPS) is 26.8. The molecule has 0 saturated heterocycles. The van der Waals surface area contributed by atoms with Crippen molar-refractivity contribution in [1.29, 1.82) is 0 Å². The molecule has 1 aliphatic carbocycles. The number of alkyl halides is 1. The maximum absolute atomic E-state index is 14.0. The first-order chi connectivity index (χ1) is 9.23. The zero-order valence-corrected chi connectivity index (χ0v) is 12.6. The van der Waals surface area contributed by atoms with Crippen LogP contribution in [0.5, 0.6) is 0 Å². The fourth-order valence-electron chi connectivity index (χ4n) is 2.21. The number of ether oxygens (including phenoxy) is 2. The molecule has 6 heteroatoms. The number of alkyl carbamates (subject to hydrolysis) is 1. The standard InChI is InChI=1S/C14H24FNO4/c1-5-19-12(17)9-6-7-11(10(15)8-9)16-13(18)20-14(2,3)4/h9-11H,5-8H2,1-4H3,(H,16,18)/t9-,10+,11-/m1/s1. The molecule has 1 saturated carbocycles. The third-order valence-corrected chi connectivity index (χ3v) is 3.09. The molecule has 0 aliphatic heterocycles. The maximum atomic E-state index is 14.0. The zero-order chi connectivity index (χ0) is 15.3. The summed E-state index contributed by atoms with van der Waals surface area (Å²) in [4.78, 5) is 23.2. The van der Waals surface area contributed by atoms with Gasteiger partial charge in [-0.25, -0.2) is 9.18 Å². The minimum absolute atomic E-state index is 0.0826. The molecule has 0 heterocycles. The number of halogens is 1. The summed E-state index contributed by atoms with van der Waals surface area (Å²) in [6.07, 6.45) is -0.881. The average molecular weight is 289 g/mol. The first-order valence-electron chi connectivity index (χ1n) is 7.03. The van der Waals surface area contributed by atoms with Crippen molar-refractivity contribution in [2.24, 2.45) is 5.92 Å². The Kier molecular flexibility index (Phi) is 5.77. The molecule has 1 N–H and O–H groups in total. The Morgan fingerprint density at radius 3 is 2.45 bits per heavy atom. The van der Waals surface area contributed by atoms with Crippen molar-refractivity contribution in [1.82, 2.24) is 5.32 Å². The van der Waals surface area contributed by atoms with Gasteiger partial charge in [0.1, 0.15) is 11.8 Å². The number of carbonyl (C=O) groups is 2. The molecule has 0 unspecified atom stereocenters. The van der Waals surface area contributed by atoms with Crippen LogP contribution in [0.4, 0.5) is 9.18 Å².